The van der Waals surface area contributed by atoms with E-state index in [2.05, 4.69) is 39.7 Å². The first-order chi connectivity index (χ1) is 13.2. The lowest BCUT2D eigenvalue weighted by Crippen LogP contribution is -2.45. The van der Waals surface area contributed by atoms with Crippen LogP contribution in [0.2, 0.25) is 5.02 Å². The minimum atomic E-state index is -0.670. The molecular formula is C21H35ClIN5O. The molecule has 1 saturated heterocycles. The van der Waals surface area contributed by atoms with E-state index >= 15 is 0 Å². The van der Waals surface area contributed by atoms with Crippen LogP contribution in [0.25, 0.3) is 0 Å². The molecule has 2 atom stereocenters. The van der Waals surface area contributed by atoms with E-state index in [1.165, 1.54) is 12.0 Å². The first-order valence-electron chi connectivity index (χ1n) is 10.0. The topological polar surface area (TPSA) is 82.7 Å². The van der Waals surface area contributed by atoms with Gasteiger partial charge in [0.25, 0.3) is 0 Å². The van der Waals surface area contributed by atoms with E-state index in [1.807, 2.05) is 32.9 Å². The summed E-state index contributed by atoms with van der Waals surface area (Å²) in [6.45, 7) is 8.63. The van der Waals surface area contributed by atoms with Crippen LogP contribution in [0.1, 0.15) is 45.2 Å². The molecule has 1 amide bonds. The number of nitrogens with one attached hydrogen (secondary N) is 2. The number of nitrogens with zero attached hydrogens (tertiary/aromatic N) is 2. The van der Waals surface area contributed by atoms with Gasteiger partial charge in [-0.3, -0.25) is 14.7 Å². The average Bonchev–Trinajstić information content (AvgIpc) is 2.64. The van der Waals surface area contributed by atoms with Crippen LogP contribution in [0, 0.1) is 11.3 Å². The van der Waals surface area contributed by atoms with Crippen LogP contribution in [0.4, 0.5) is 0 Å². The first kappa shape index (κ1) is 26.0. The van der Waals surface area contributed by atoms with E-state index in [0.29, 0.717) is 18.5 Å². The van der Waals surface area contributed by atoms with Crippen molar-refractivity contribution in [3.8, 4) is 0 Å². The lowest BCUT2D eigenvalue weighted by Gasteiger charge is -2.40. The van der Waals surface area contributed by atoms with Crippen molar-refractivity contribution in [3.63, 3.8) is 0 Å². The Morgan fingerprint density at radius 3 is 2.72 bits per heavy atom. The lowest BCUT2D eigenvalue weighted by molar-refractivity contribution is -0.125. The normalized spacial score (nSPS) is 20.7. The predicted octanol–water partition coefficient (Wildman–Crippen LogP) is 3.41. The first-order valence-corrected chi connectivity index (χ1v) is 10.4. The molecule has 0 aliphatic carbocycles. The minimum absolute atomic E-state index is 0. The van der Waals surface area contributed by atoms with E-state index in [0.717, 1.165) is 37.0 Å². The molecule has 29 heavy (non-hydrogen) atoms. The fourth-order valence-electron chi connectivity index (χ4n) is 3.61. The molecule has 2 rings (SSSR count). The van der Waals surface area contributed by atoms with Crippen LogP contribution in [-0.4, -0.2) is 50.0 Å². The van der Waals surface area contributed by atoms with Crippen LogP contribution in [0.5, 0.6) is 0 Å². The molecule has 1 fully saturated rings. The number of rotatable bonds is 7. The Morgan fingerprint density at radius 1 is 1.38 bits per heavy atom. The van der Waals surface area contributed by atoms with Gasteiger partial charge in [-0.05, 0) is 70.8 Å². The highest BCUT2D eigenvalue weighted by molar-refractivity contribution is 14.0. The average molecular weight is 536 g/mol. The van der Waals surface area contributed by atoms with E-state index in [4.69, 9.17) is 17.3 Å². The maximum atomic E-state index is 11.6. The lowest BCUT2D eigenvalue weighted by atomic mass is 9.85. The highest BCUT2D eigenvalue weighted by atomic mass is 127. The van der Waals surface area contributed by atoms with Gasteiger partial charge in [-0.2, -0.15) is 0 Å². The van der Waals surface area contributed by atoms with Crippen LogP contribution < -0.4 is 16.4 Å². The molecule has 0 bridgehead atoms. The van der Waals surface area contributed by atoms with E-state index in [-0.39, 0.29) is 29.9 Å². The van der Waals surface area contributed by atoms with E-state index in [9.17, 15) is 4.79 Å². The number of amides is 1. The quantitative estimate of drug-likeness (QED) is 0.284. The Hall–Kier alpha value is -1.06. The predicted molar refractivity (Wildman–Crippen MR) is 132 cm³/mol. The summed E-state index contributed by atoms with van der Waals surface area (Å²) < 4.78 is 0. The monoisotopic (exact) mass is 535 g/mol. The summed E-state index contributed by atoms with van der Waals surface area (Å²) in [5.74, 6) is 0.808. The number of aliphatic imine (C=N–C) groups is 1. The molecule has 0 spiro atoms. The maximum Gasteiger partial charge on any atom is 0.224 e. The summed E-state index contributed by atoms with van der Waals surface area (Å²) in [5, 5.41) is 7.49. The third-order valence-electron chi connectivity index (χ3n) is 5.37. The highest BCUT2D eigenvalue weighted by Gasteiger charge is 2.31. The van der Waals surface area contributed by atoms with Gasteiger partial charge in [0.05, 0.1) is 12.0 Å². The van der Waals surface area contributed by atoms with Gasteiger partial charge in [0.15, 0.2) is 5.96 Å². The summed E-state index contributed by atoms with van der Waals surface area (Å²) in [5.41, 5.74) is 6.04. The largest absolute Gasteiger partial charge is 0.369 e. The smallest absolute Gasteiger partial charge is 0.224 e. The third kappa shape index (κ3) is 7.61. The number of hydrogen-bond donors (Lipinski definition) is 3. The highest BCUT2D eigenvalue weighted by Crippen LogP contribution is 2.35. The second-order valence-corrected chi connectivity index (χ2v) is 8.64. The van der Waals surface area contributed by atoms with Crippen LogP contribution in [0.15, 0.2) is 29.3 Å². The number of likely N-dealkylation sites (tertiary alicyclic amines) is 1. The second-order valence-electron chi connectivity index (χ2n) is 8.21. The van der Waals surface area contributed by atoms with Crippen molar-refractivity contribution in [1.29, 1.82) is 0 Å². The van der Waals surface area contributed by atoms with Crippen molar-refractivity contribution < 1.29 is 4.79 Å². The van der Waals surface area contributed by atoms with Crippen molar-refractivity contribution in [1.82, 2.24) is 15.5 Å². The van der Waals surface area contributed by atoms with Gasteiger partial charge in [0, 0.05) is 24.2 Å². The fraction of sp³-hybridized carbons (Fsp3) is 0.619. The summed E-state index contributed by atoms with van der Waals surface area (Å²) in [6.07, 6.45) is 2.31. The van der Waals surface area contributed by atoms with Crippen molar-refractivity contribution in [3.05, 3.63) is 34.9 Å². The number of nitrogens with two attached hydrogens (primary N) is 1. The van der Waals surface area contributed by atoms with Gasteiger partial charge < -0.3 is 16.4 Å². The number of hydrogen-bond acceptors (Lipinski definition) is 3. The number of carbonyl (C=O) groups excluding carboxylic acids is 1. The Morgan fingerprint density at radius 2 is 2.10 bits per heavy atom. The van der Waals surface area contributed by atoms with Gasteiger partial charge in [-0.1, -0.05) is 23.7 Å². The Bertz CT molecular complexity index is 697. The summed E-state index contributed by atoms with van der Waals surface area (Å²) >= 11 is 6.24. The van der Waals surface area contributed by atoms with Gasteiger partial charge in [-0.15, -0.1) is 24.0 Å². The SMILES string of the molecule is CCNC(=NCC(C)(C)C(N)=O)NCC1CCCN(C)C1c1cccc(Cl)c1.I. The molecule has 164 valence electrons. The maximum absolute atomic E-state index is 11.6. The molecule has 1 heterocycles. The Balaban J connectivity index is 0.00000420. The van der Waals surface area contributed by atoms with Crippen molar-refractivity contribution in [2.45, 2.75) is 39.7 Å². The molecule has 0 saturated carbocycles. The fourth-order valence-corrected chi connectivity index (χ4v) is 3.81. The van der Waals surface area contributed by atoms with Crippen LogP contribution >= 0.6 is 35.6 Å². The zero-order chi connectivity index (χ0) is 20.7. The van der Waals surface area contributed by atoms with Crippen molar-refractivity contribution >= 4 is 47.4 Å². The standard InChI is InChI=1S/C21H34ClN5O.HI/c1-5-24-20(26-14-21(2,3)19(23)28)25-13-16-9-7-11-27(4)18(16)15-8-6-10-17(22)12-15;/h6,8,10,12,16,18H,5,7,9,11,13-14H2,1-4H3,(H2,23,28)(H2,24,25,26);1H. The summed E-state index contributed by atoms with van der Waals surface area (Å²) in [6, 6.07) is 8.46. The zero-order valence-electron chi connectivity index (χ0n) is 17.9. The molecule has 4 N–H and O–H groups in total. The minimum Gasteiger partial charge on any atom is -0.369 e. The number of carbonyl (C=O) groups is 1. The molecule has 6 nitrogen and oxygen atoms in total. The Kier molecular flexibility index (Phi) is 10.7. The molecule has 1 aliphatic heterocycles. The van der Waals surface area contributed by atoms with Crippen LogP contribution in [-0.2, 0) is 4.79 Å². The van der Waals surface area contributed by atoms with Crippen LogP contribution in [0.3, 0.4) is 0 Å². The van der Waals surface area contributed by atoms with Gasteiger partial charge in [0.2, 0.25) is 5.91 Å². The van der Waals surface area contributed by atoms with Gasteiger partial charge >= 0.3 is 0 Å². The molecule has 2 unspecified atom stereocenters. The molecule has 1 aromatic rings. The molecule has 0 radical (unpaired) electrons. The number of primary amides is 1. The number of halogens is 2. The van der Waals surface area contributed by atoms with Gasteiger partial charge in [-0.25, -0.2) is 0 Å². The number of piperidine rings is 1. The zero-order valence-corrected chi connectivity index (χ0v) is 21.0. The Labute approximate surface area is 197 Å². The molecule has 1 aliphatic rings. The molecular weight excluding hydrogens is 501 g/mol. The summed E-state index contributed by atoms with van der Waals surface area (Å²) in [4.78, 5) is 18.5. The van der Waals surface area contributed by atoms with E-state index in [1.54, 1.807) is 0 Å². The van der Waals surface area contributed by atoms with Crippen molar-refractivity contribution in [2.24, 2.45) is 22.1 Å². The number of benzene rings is 1. The van der Waals surface area contributed by atoms with Gasteiger partial charge in [0.1, 0.15) is 0 Å². The summed E-state index contributed by atoms with van der Waals surface area (Å²) in [7, 11) is 2.17. The molecule has 0 aromatic heterocycles. The molecule has 8 heteroatoms. The van der Waals surface area contributed by atoms with Crippen molar-refractivity contribution in [2.75, 3.05) is 33.2 Å². The van der Waals surface area contributed by atoms with E-state index < -0.39 is 5.41 Å². The third-order valence-corrected chi connectivity index (χ3v) is 5.61. The molecule has 1 aromatic carbocycles. The second kappa shape index (κ2) is 12.0. The number of guanidine groups is 1.